The van der Waals surface area contributed by atoms with Crippen LogP contribution < -0.4 is 10.6 Å². The average Bonchev–Trinajstić information content (AvgIpc) is 3.46. The highest BCUT2D eigenvalue weighted by molar-refractivity contribution is 6.07. The van der Waals surface area contributed by atoms with Gasteiger partial charge in [0.25, 0.3) is 5.91 Å². The number of aryl methyl sites for hydroxylation is 1. The number of benzene rings is 2. The number of nitrogens with one attached hydrogen (secondary N) is 2. The zero-order valence-electron chi connectivity index (χ0n) is 18.8. The Morgan fingerprint density at radius 3 is 2.60 bits per heavy atom. The summed E-state index contributed by atoms with van der Waals surface area (Å²) < 4.78 is 44.2. The molecule has 2 aromatic carbocycles. The summed E-state index contributed by atoms with van der Waals surface area (Å²) in [4.78, 5) is 13.0. The lowest BCUT2D eigenvalue weighted by Gasteiger charge is -2.34. The van der Waals surface area contributed by atoms with E-state index in [9.17, 15) is 18.0 Å². The number of amides is 1. The predicted molar refractivity (Wildman–Crippen MR) is 125 cm³/mol. The highest BCUT2D eigenvalue weighted by atomic mass is 19.4. The third kappa shape index (κ3) is 4.64. The van der Waals surface area contributed by atoms with Crippen molar-refractivity contribution >= 4 is 17.5 Å². The first-order valence-electron chi connectivity index (χ1n) is 11.1. The zero-order valence-corrected chi connectivity index (χ0v) is 18.8. The average molecular weight is 480 g/mol. The number of alkyl halides is 3. The SMILES string of the molecule is Cc1ccccc1Cn1ccc(NC(=O)c2cnn3c2N[C@@H](c2ccccc2)C[C@H]3C(F)(F)F)n1. The van der Waals surface area contributed by atoms with Crippen LogP contribution in [-0.4, -0.2) is 31.6 Å². The smallest absolute Gasteiger partial charge is 0.363 e. The fourth-order valence-corrected chi connectivity index (χ4v) is 4.29. The highest BCUT2D eigenvalue weighted by Gasteiger charge is 2.47. The topological polar surface area (TPSA) is 76.8 Å². The van der Waals surface area contributed by atoms with Crippen molar-refractivity contribution < 1.29 is 18.0 Å². The minimum Gasteiger partial charge on any atom is -0.363 e. The van der Waals surface area contributed by atoms with Crippen molar-refractivity contribution in [1.29, 1.82) is 0 Å². The molecule has 0 saturated carbocycles. The lowest BCUT2D eigenvalue weighted by atomic mass is 9.96. The molecule has 2 N–H and O–H groups in total. The van der Waals surface area contributed by atoms with Crippen molar-refractivity contribution in [1.82, 2.24) is 19.6 Å². The van der Waals surface area contributed by atoms with Crippen LogP contribution in [0.5, 0.6) is 0 Å². The maximum atomic E-state index is 13.9. The van der Waals surface area contributed by atoms with Gasteiger partial charge in [0.2, 0.25) is 0 Å². The molecular weight excluding hydrogens is 457 g/mol. The number of carbonyl (C=O) groups is 1. The Hall–Kier alpha value is -4.08. The molecule has 0 bridgehead atoms. The van der Waals surface area contributed by atoms with Gasteiger partial charge >= 0.3 is 6.18 Å². The number of nitrogens with zero attached hydrogens (tertiary/aromatic N) is 4. The first kappa shape index (κ1) is 22.7. The summed E-state index contributed by atoms with van der Waals surface area (Å²) in [6, 6.07) is 16.0. The Labute approximate surface area is 199 Å². The molecule has 4 aromatic rings. The number of carbonyl (C=O) groups excluding carboxylic acids is 1. The molecular formula is C25H23F3N6O. The lowest BCUT2D eigenvalue weighted by Crippen LogP contribution is -2.36. The predicted octanol–water partition coefficient (Wildman–Crippen LogP) is 5.35. The van der Waals surface area contributed by atoms with Crippen molar-refractivity contribution in [2.45, 2.75) is 38.1 Å². The van der Waals surface area contributed by atoms with E-state index in [1.165, 1.54) is 0 Å². The largest absolute Gasteiger partial charge is 0.410 e. The normalized spacial score (nSPS) is 17.5. The van der Waals surface area contributed by atoms with Gasteiger partial charge in [0.05, 0.1) is 18.8 Å². The van der Waals surface area contributed by atoms with Gasteiger partial charge in [0.1, 0.15) is 11.4 Å². The van der Waals surface area contributed by atoms with E-state index in [0.717, 1.165) is 22.0 Å². The summed E-state index contributed by atoms with van der Waals surface area (Å²) in [5.74, 6) is -0.259. The van der Waals surface area contributed by atoms with Crippen LogP contribution in [0.15, 0.2) is 73.1 Å². The monoisotopic (exact) mass is 480 g/mol. The number of hydrogen-bond acceptors (Lipinski definition) is 4. The van der Waals surface area contributed by atoms with Crippen LogP contribution in [0.1, 0.15) is 45.6 Å². The molecule has 5 rings (SSSR count). The second kappa shape index (κ2) is 8.94. The molecule has 1 amide bonds. The molecule has 0 saturated heterocycles. The fraction of sp³-hybridized carbons (Fsp3) is 0.240. The van der Waals surface area contributed by atoms with E-state index in [1.807, 2.05) is 31.2 Å². The van der Waals surface area contributed by atoms with Crippen LogP contribution in [-0.2, 0) is 6.54 Å². The van der Waals surface area contributed by atoms with Crippen LogP contribution in [0.3, 0.4) is 0 Å². The number of anilines is 2. The van der Waals surface area contributed by atoms with Gasteiger partial charge in [-0.05, 0) is 23.6 Å². The molecule has 1 aliphatic heterocycles. The Morgan fingerprint density at radius 1 is 1.11 bits per heavy atom. The Balaban J connectivity index is 1.38. The number of fused-ring (bicyclic) bond motifs is 1. The van der Waals surface area contributed by atoms with Crippen molar-refractivity contribution in [3.63, 3.8) is 0 Å². The van der Waals surface area contributed by atoms with E-state index in [1.54, 1.807) is 47.3 Å². The van der Waals surface area contributed by atoms with Gasteiger partial charge in [-0.15, -0.1) is 0 Å². The van der Waals surface area contributed by atoms with Crippen molar-refractivity contribution in [2.24, 2.45) is 0 Å². The molecule has 180 valence electrons. The summed E-state index contributed by atoms with van der Waals surface area (Å²) in [7, 11) is 0. The molecule has 0 radical (unpaired) electrons. The van der Waals surface area contributed by atoms with Gasteiger partial charge in [0, 0.05) is 18.7 Å². The Morgan fingerprint density at radius 2 is 1.86 bits per heavy atom. The summed E-state index contributed by atoms with van der Waals surface area (Å²) >= 11 is 0. The Bertz CT molecular complexity index is 1340. The third-order valence-electron chi connectivity index (χ3n) is 6.16. The van der Waals surface area contributed by atoms with Gasteiger partial charge in [0.15, 0.2) is 11.9 Å². The van der Waals surface area contributed by atoms with Gasteiger partial charge in [-0.3, -0.25) is 9.48 Å². The molecule has 0 spiro atoms. The summed E-state index contributed by atoms with van der Waals surface area (Å²) in [5.41, 5.74) is 2.94. The number of halogens is 3. The second-order valence-corrected chi connectivity index (χ2v) is 8.53. The second-order valence-electron chi connectivity index (χ2n) is 8.53. The number of hydrogen-bond donors (Lipinski definition) is 2. The van der Waals surface area contributed by atoms with Gasteiger partial charge in [-0.2, -0.15) is 23.4 Å². The summed E-state index contributed by atoms with van der Waals surface area (Å²) in [6.45, 7) is 2.54. The van der Waals surface area contributed by atoms with Gasteiger partial charge < -0.3 is 10.6 Å². The highest BCUT2D eigenvalue weighted by Crippen LogP contribution is 2.44. The summed E-state index contributed by atoms with van der Waals surface area (Å²) in [5, 5.41) is 14.1. The van der Waals surface area contributed by atoms with Crippen LogP contribution >= 0.6 is 0 Å². The quantitative estimate of drug-likeness (QED) is 0.404. The molecule has 35 heavy (non-hydrogen) atoms. The third-order valence-corrected chi connectivity index (χ3v) is 6.16. The van der Waals surface area contributed by atoms with E-state index >= 15 is 0 Å². The maximum Gasteiger partial charge on any atom is 0.410 e. The van der Waals surface area contributed by atoms with Crippen LogP contribution in [0, 0.1) is 6.92 Å². The minimum atomic E-state index is -4.52. The molecule has 2 aromatic heterocycles. The molecule has 0 fully saturated rings. The molecule has 2 atom stereocenters. The molecule has 7 nitrogen and oxygen atoms in total. The van der Waals surface area contributed by atoms with E-state index in [2.05, 4.69) is 20.8 Å². The van der Waals surface area contributed by atoms with Gasteiger partial charge in [-0.1, -0.05) is 54.6 Å². The molecule has 3 heterocycles. The van der Waals surface area contributed by atoms with Crippen LogP contribution in [0.2, 0.25) is 0 Å². The van der Waals surface area contributed by atoms with Crippen molar-refractivity contribution in [3.8, 4) is 0 Å². The van der Waals surface area contributed by atoms with Crippen LogP contribution in [0.4, 0.5) is 24.8 Å². The minimum absolute atomic E-state index is 0.0216. The first-order valence-corrected chi connectivity index (χ1v) is 11.1. The van der Waals surface area contributed by atoms with E-state index in [4.69, 9.17) is 0 Å². The van der Waals surface area contributed by atoms with Gasteiger partial charge in [-0.25, -0.2) is 4.68 Å². The molecule has 10 heteroatoms. The van der Waals surface area contributed by atoms with E-state index in [0.29, 0.717) is 17.9 Å². The van der Waals surface area contributed by atoms with Crippen LogP contribution in [0.25, 0.3) is 0 Å². The number of rotatable bonds is 5. The maximum absolute atomic E-state index is 13.9. The standard InChI is InChI=1S/C25H23F3N6O/c1-16-7-5-6-10-18(16)15-33-12-11-22(32-33)31-24(35)19-14-29-34-21(25(26,27)28)13-20(30-23(19)34)17-8-3-2-4-9-17/h2-12,14,20-21,30H,13,15H2,1H3,(H,31,32,35)/t20-,21+/m1/s1. The first-order chi connectivity index (χ1) is 16.8. The summed E-state index contributed by atoms with van der Waals surface area (Å²) in [6.07, 6.45) is -1.85. The number of aromatic nitrogens is 4. The lowest BCUT2D eigenvalue weighted by molar-refractivity contribution is -0.173. The van der Waals surface area contributed by atoms with Crippen molar-refractivity contribution in [2.75, 3.05) is 10.6 Å². The van der Waals surface area contributed by atoms with Crippen molar-refractivity contribution in [3.05, 3.63) is 95.3 Å². The molecule has 0 unspecified atom stereocenters. The fourth-order valence-electron chi connectivity index (χ4n) is 4.29. The van der Waals surface area contributed by atoms with E-state index < -0.39 is 24.2 Å². The van der Waals surface area contributed by atoms with E-state index in [-0.39, 0.29) is 17.8 Å². The molecule has 0 aliphatic carbocycles. The zero-order chi connectivity index (χ0) is 24.6. The molecule has 1 aliphatic rings. The Kier molecular flexibility index (Phi) is 5.80.